The summed E-state index contributed by atoms with van der Waals surface area (Å²) in [6, 6.07) is 14.0. The molecule has 9 nitrogen and oxygen atoms in total. The quantitative estimate of drug-likeness (QED) is 0.572. The number of carbonyl (C=O) groups excluding carboxylic acids is 3. The number of rotatable bonds is 8. The predicted molar refractivity (Wildman–Crippen MR) is 127 cm³/mol. The summed E-state index contributed by atoms with van der Waals surface area (Å²) >= 11 is 0. The van der Waals surface area contributed by atoms with Crippen molar-refractivity contribution in [2.24, 2.45) is 5.92 Å². The van der Waals surface area contributed by atoms with Crippen molar-refractivity contribution in [3.63, 3.8) is 0 Å². The lowest BCUT2D eigenvalue weighted by atomic mass is 9.98. The molecular formula is C24H29N3O6S. The van der Waals surface area contributed by atoms with Crippen LogP contribution in [0.5, 0.6) is 0 Å². The standard InChI is InChI=1S/C24H29N3O6S/c1-3-33-24(30)19-8-7-15-27(16-19)22(28)17-26(2)23(29)18-11-13-20(14-12-18)25-34(31,32)21-9-5-4-6-10-21/h4-6,9-14,19,25H,3,7-8,15-17H2,1-2H3. The van der Waals surface area contributed by atoms with E-state index in [2.05, 4.69) is 4.72 Å². The summed E-state index contributed by atoms with van der Waals surface area (Å²) in [4.78, 5) is 40.5. The summed E-state index contributed by atoms with van der Waals surface area (Å²) in [6.07, 6.45) is 1.38. The van der Waals surface area contributed by atoms with E-state index in [0.29, 0.717) is 37.2 Å². The van der Waals surface area contributed by atoms with Crippen molar-refractivity contribution in [3.8, 4) is 0 Å². The first-order valence-electron chi connectivity index (χ1n) is 11.1. The van der Waals surface area contributed by atoms with Crippen molar-refractivity contribution in [1.82, 2.24) is 9.80 Å². The van der Waals surface area contributed by atoms with Crippen LogP contribution in [0.15, 0.2) is 59.5 Å². The van der Waals surface area contributed by atoms with Gasteiger partial charge >= 0.3 is 5.97 Å². The normalized spacial score (nSPS) is 15.9. The van der Waals surface area contributed by atoms with Gasteiger partial charge < -0.3 is 14.5 Å². The second-order valence-corrected chi connectivity index (χ2v) is 9.77. The first-order chi connectivity index (χ1) is 16.2. The fraction of sp³-hybridized carbons (Fsp3) is 0.375. The predicted octanol–water partition coefficient (Wildman–Crippen LogP) is 2.36. The lowest BCUT2D eigenvalue weighted by Crippen LogP contribution is -2.47. The lowest BCUT2D eigenvalue weighted by Gasteiger charge is -2.32. The number of hydrogen-bond donors (Lipinski definition) is 1. The number of likely N-dealkylation sites (N-methyl/N-ethyl adjacent to an activating group) is 1. The maximum Gasteiger partial charge on any atom is 0.310 e. The van der Waals surface area contributed by atoms with Gasteiger partial charge in [0.25, 0.3) is 15.9 Å². The molecule has 0 saturated carbocycles. The second kappa shape index (κ2) is 11.1. The molecule has 182 valence electrons. The Balaban J connectivity index is 1.58. The fourth-order valence-corrected chi connectivity index (χ4v) is 4.83. The molecule has 1 N–H and O–H groups in total. The molecule has 2 aromatic rings. The van der Waals surface area contributed by atoms with Crippen LogP contribution in [-0.2, 0) is 24.3 Å². The molecule has 2 aromatic carbocycles. The molecule has 34 heavy (non-hydrogen) atoms. The molecule has 1 unspecified atom stereocenters. The number of benzene rings is 2. The Morgan fingerprint density at radius 2 is 1.76 bits per heavy atom. The molecule has 3 rings (SSSR count). The topological polar surface area (TPSA) is 113 Å². The number of nitrogens with one attached hydrogen (secondary N) is 1. The van der Waals surface area contributed by atoms with Gasteiger partial charge in [-0.1, -0.05) is 18.2 Å². The number of nitrogens with zero attached hydrogens (tertiary/aromatic N) is 2. The minimum atomic E-state index is -3.73. The summed E-state index contributed by atoms with van der Waals surface area (Å²) in [5.74, 6) is -1.25. The fourth-order valence-electron chi connectivity index (χ4n) is 3.75. The second-order valence-electron chi connectivity index (χ2n) is 8.09. The van der Waals surface area contributed by atoms with Crippen molar-refractivity contribution >= 4 is 33.5 Å². The molecule has 2 amide bonds. The van der Waals surface area contributed by atoms with Gasteiger partial charge in [-0.3, -0.25) is 19.1 Å². The van der Waals surface area contributed by atoms with Crippen LogP contribution in [0.3, 0.4) is 0 Å². The van der Waals surface area contributed by atoms with E-state index in [4.69, 9.17) is 4.74 Å². The first kappa shape index (κ1) is 25.2. The zero-order chi connectivity index (χ0) is 24.7. The Labute approximate surface area is 199 Å². The zero-order valence-electron chi connectivity index (χ0n) is 19.3. The molecule has 1 aliphatic heterocycles. The van der Waals surface area contributed by atoms with Gasteiger partial charge in [0.05, 0.1) is 24.0 Å². The molecular weight excluding hydrogens is 458 g/mol. The first-order valence-corrected chi connectivity index (χ1v) is 12.6. The van der Waals surface area contributed by atoms with Crippen LogP contribution in [0.25, 0.3) is 0 Å². The van der Waals surface area contributed by atoms with Gasteiger partial charge in [0.1, 0.15) is 0 Å². The van der Waals surface area contributed by atoms with Crippen LogP contribution >= 0.6 is 0 Å². The van der Waals surface area contributed by atoms with Crippen molar-refractivity contribution < 1.29 is 27.5 Å². The zero-order valence-corrected chi connectivity index (χ0v) is 20.1. The SMILES string of the molecule is CCOC(=O)C1CCCN(C(=O)CN(C)C(=O)c2ccc(NS(=O)(=O)c3ccccc3)cc2)C1. The number of anilines is 1. The average Bonchev–Trinajstić information content (AvgIpc) is 2.84. The molecule has 1 aliphatic rings. The smallest absolute Gasteiger partial charge is 0.310 e. The van der Waals surface area contributed by atoms with E-state index in [-0.39, 0.29) is 41.7 Å². The van der Waals surface area contributed by atoms with Crippen LogP contribution in [-0.4, -0.2) is 69.3 Å². The van der Waals surface area contributed by atoms with Crippen molar-refractivity contribution in [3.05, 3.63) is 60.2 Å². The minimum absolute atomic E-state index is 0.128. The molecule has 1 fully saturated rings. The molecule has 1 atom stereocenters. The van der Waals surface area contributed by atoms with Gasteiger partial charge in [-0.15, -0.1) is 0 Å². The Kier molecular flexibility index (Phi) is 8.27. The largest absolute Gasteiger partial charge is 0.466 e. The third-order valence-corrected chi connectivity index (χ3v) is 6.95. The highest BCUT2D eigenvalue weighted by atomic mass is 32.2. The number of esters is 1. The van der Waals surface area contributed by atoms with Crippen LogP contribution < -0.4 is 4.72 Å². The van der Waals surface area contributed by atoms with Gasteiger partial charge in [0.15, 0.2) is 0 Å². The average molecular weight is 488 g/mol. The van der Waals surface area contributed by atoms with Gasteiger partial charge in [-0.25, -0.2) is 8.42 Å². The third-order valence-electron chi connectivity index (χ3n) is 5.55. The highest BCUT2D eigenvalue weighted by Gasteiger charge is 2.30. The van der Waals surface area contributed by atoms with Gasteiger partial charge in [0.2, 0.25) is 5.91 Å². The molecule has 0 spiro atoms. The van der Waals surface area contributed by atoms with E-state index >= 15 is 0 Å². The van der Waals surface area contributed by atoms with E-state index in [1.165, 1.54) is 48.3 Å². The number of likely N-dealkylation sites (tertiary alicyclic amines) is 1. The van der Waals surface area contributed by atoms with Crippen molar-refractivity contribution in [2.45, 2.75) is 24.7 Å². The van der Waals surface area contributed by atoms with Gasteiger partial charge in [-0.2, -0.15) is 0 Å². The van der Waals surface area contributed by atoms with E-state index in [9.17, 15) is 22.8 Å². The van der Waals surface area contributed by atoms with Crippen LogP contribution in [0, 0.1) is 5.92 Å². The van der Waals surface area contributed by atoms with E-state index < -0.39 is 10.0 Å². The number of carbonyl (C=O) groups is 3. The molecule has 0 aliphatic carbocycles. The highest BCUT2D eigenvalue weighted by Crippen LogP contribution is 2.19. The van der Waals surface area contributed by atoms with Crippen molar-refractivity contribution in [1.29, 1.82) is 0 Å². The van der Waals surface area contributed by atoms with E-state index in [0.717, 1.165) is 0 Å². The lowest BCUT2D eigenvalue weighted by molar-refractivity contribution is -0.151. The third kappa shape index (κ3) is 6.34. The monoisotopic (exact) mass is 487 g/mol. The number of sulfonamides is 1. The summed E-state index contributed by atoms with van der Waals surface area (Å²) in [6.45, 7) is 2.74. The van der Waals surface area contributed by atoms with Crippen LogP contribution in [0.1, 0.15) is 30.1 Å². The Hall–Kier alpha value is -3.40. The summed E-state index contributed by atoms with van der Waals surface area (Å²) < 4.78 is 32.4. The minimum Gasteiger partial charge on any atom is -0.466 e. The molecule has 0 radical (unpaired) electrons. The number of piperidine rings is 1. The summed E-state index contributed by atoms with van der Waals surface area (Å²) in [5, 5.41) is 0. The molecule has 10 heteroatoms. The van der Waals surface area contributed by atoms with E-state index in [1.54, 1.807) is 30.0 Å². The Morgan fingerprint density at radius 1 is 1.09 bits per heavy atom. The molecule has 1 saturated heterocycles. The Bertz CT molecular complexity index is 1120. The summed E-state index contributed by atoms with van der Waals surface area (Å²) in [7, 11) is -2.21. The van der Waals surface area contributed by atoms with Crippen LogP contribution in [0.4, 0.5) is 5.69 Å². The van der Waals surface area contributed by atoms with Crippen molar-refractivity contribution in [2.75, 3.05) is 38.0 Å². The molecule has 0 aromatic heterocycles. The summed E-state index contributed by atoms with van der Waals surface area (Å²) in [5.41, 5.74) is 0.637. The Morgan fingerprint density at radius 3 is 2.41 bits per heavy atom. The number of hydrogen-bond acceptors (Lipinski definition) is 6. The maximum atomic E-state index is 12.8. The highest BCUT2D eigenvalue weighted by molar-refractivity contribution is 7.92. The molecule has 0 bridgehead atoms. The van der Waals surface area contributed by atoms with Gasteiger partial charge in [0, 0.05) is 31.4 Å². The number of amides is 2. The van der Waals surface area contributed by atoms with Gasteiger partial charge in [-0.05, 0) is 56.2 Å². The number of ether oxygens (including phenoxy) is 1. The maximum absolute atomic E-state index is 12.8. The molecule has 1 heterocycles. The van der Waals surface area contributed by atoms with Crippen LogP contribution in [0.2, 0.25) is 0 Å². The van der Waals surface area contributed by atoms with E-state index in [1.807, 2.05) is 0 Å².